The smallest absolute Gasteiger partial charge is 0.300 e. The minimum absolute atomic E-state index is 0.833. The number of aliphatic carboxylic acids is 1. The van der Waals surface area contributed by atoms with Gasteiger partial charge < -0.3 is 5.11 Å². The van der Waals surface area contributed by atoms with E-state index in [0.29, 0.717) is 0 Å². The van der Waals surface area contributed by atoms with E-state index in [-0.39, 0.29) is 0 Å². The maximum Gasteiger partial charge on any atom is 0.300 e. The first-order valence-electron chi connectivity index (χ1n) is 2.35. The van der Waals surface area contributed by atoms with Crippen molar-refractivity contribution in [1.29, 1.82) is 5.26 Å². The molecule has 0 fully saturated rings. The molecule has 0 aromatic rings. The van der Waals surface area contributed by atoms with Crippen molar-refractivity contribution in [3.63, 3.8) is 0 Å². The highest BCUT2D eigenvalue weighted by Gasteiger charge is 1.65. The summed E-state index contributed by atoms with van der Waals surface area (Å²) in [4.78, 5) is 9.00. The fourth-order valence-corrected chi connectivity index (χ4v) is 0.0745. The van der Waals surface area contributed by atoms with E-state index in [1.807, 2.05) is 13.0 Å². The summed E-state index contributed by atoms with van der Waals surface area (Å²) in [6.45, 7) is 2.89. The molecule has 0 heterocycles. The van der Waals surface area contributed by atoms with Crippen molar-refractivity contribution in [1.82, 2.24) is 0 Å². The van der Waals surface area contributed by atoms with E-state index in [1.54, 1.807) is 6.08 Å². The van der Waals surface area contributed by atoms with Crippen LogP contribution in [0.1, 0.15) is 13.8 Å². The lowest BCUT2D eigenvalue weighted by Crippen LogP contribution is -1.78. The number of nitrogens with zero attached hydrogens (tertiary/aromatic N) is 1. The van der Waals surface area contributed by atoms with Gasteiger partial charge in [-0.15, -0.1) is 0 Å². The number of nitriles is 1. The van der Waals surface area contributed by atoms with Gasteiger partial charge in [0, 0.05) is 13.0 Å². The summed E-state index contributed by atoms with van der Waals surface area (Å²) < 4.78 is 0. The maximum atomic E-state index is 9.00. The molecule has 9 heavy (non-hydrogen) atoms. The van der Waals surface area contributed by atoms with Crippen molar-refractivity contribution in [2.45, 2.75) is 13.8 Å². The first kappa shape index (κ1) is 10.6. The fraction of sp³-hybridized carbons (Fsp3) is 0.333. The monoisotopic (exact) mass is 127 g/mol. The fourth-order valence-electron chi connectivity index (χ4n) is 0.0745. The average Bonchev–Trinajstić information content (AvgIpc) is 1.66. The van der Waals surface area contributed by atoms with Gasteiger partial charge in [-0.25, -0.2) is 0 Å². The summed E-state index contributed by atoms with van der Waals surface area (Å²) in [7, 11) is 0. The van der Waals surface area contributed by atoms with Gasteiger partial charge in [-0.3, -0.25) is 4.79 Å². The van der Waals surface area contributed by atoms with Crippen LogP contribution in [0.25, 0.3) is 0 Å². The lowest BCUT2D eigenvalue weighted by molar-refractivity contribution is -0.134. The highest BCUT2D eigenvalue weighted by Crippen LogP contribution is 1.58. The number of hydrogen-bond donors (Lipinski definition) is 1. The predicted octanol–water partition coefficient (Wildman–Crippen LogP) is 1.18. The third kappa shape index (κ3) is 302. The second-order valence-electron chi connectivity index (χ2n) is 1.15. The van der Waals surface area contributed by atoms with E-state index in [2.05, 4.69) is 0 Å². The molecule has 0 aromatic carbocycles. The third-order valence-electron chi connectivity index (χ3n) is 0.241. The lowest BCUT2D eigenvalue weighted by atomic mass is 10.6. The summed E-state index contributed by atoms with van der Waals surface area (Å²) >= 11 is 0. The third-order valence-corrected chi connectivity index (χ3v) is 0.241. The van der Waals surface area contributed by atoms with Gasteiger partial charge in [0.2, 0.25) is 0 Å². The number of allylic oxidation sites excluding steroid dienone is 2. The Morgan fingerprint density at radius 2 is 2.11 bits per heavy atom. The molecule has 0 aliphatic heterocycles. The summed E-state index contributed by atoms with van der Waals surface area (Å²) in [6.07, 6.45) is 3.12. The summed E-state index contributed by atoms with van der Waals surface area (Å²) in [5, 5.41) is 15.1. The quantitative estimate of drug-likeness (QED) is 0.497. The summed E-state index contributed by atoms with van der Waals surface area (Å²) in [5.74, 6) is -0.833. The van der Waals surface area contributed by atoms with Gasteiger partial charge in [-0.05, 0) is 6.92 Å². The number of carboxylic acids is 1. The molecule has 0 aliphatic carbocycles. The van der Waals surface area contributed by atoms with Crippen LogP contribution < -0.4 is 0 Å². The van der Waals surface area contributed by atoms with Crippen LogP contribution in [-0.2, 0) is 4.79 Å². The molecule has 0 amide bonds. The number of carbonyl (C=O) groups is 1. The second-order valence-corrected chi connectivity index (χ2v) is 1.15. The Hall–Kier alpha value is -1.30. The maximum absolute atomic E-state index is 9.00. The highest BCUT2D eigenvalue weighted by atomic mass is 16.4. The average molecular weight is 127 g/mol. The van der Waals surface area contributed by atoms with Crippen molar-refractivity contribution >= 4 is 5.97 Å². The Labute approximate surface area is 54.2 Å². The molecule has 0 aliphatic rings. The van der Waals surface area contributed by atoms with Crippen molar-refractivity contribution < 1.29 is 9.90 Å². The van der Waals surface area contributed by atoms with Crippen LogP contribution in [0.3, 0.4) is 0 Å². The van der Waals surface area contributed by atoms with Gasteiger partial charge in [0.05, 0.1) is 6.07 Å². The van der Waals surface area contributed by atoms with Crippen LogP contribution in [0.15, 0.2) is 12.2 Å². The number of carboxylic acid groups (broad SMARTS) is 1. The van der Waals surface area contributed by atoms with E-state index in [0.717, 1.165) is 6.92 Å². The molecule has 0 saturated carbocycles. The molecule has 0 unspecified atom stereocenters. The van der Waals surface area contributed by atoms with Gasteiger partial charge in [-0.2, -0.15) is 5.26 Å². The SMILES string of the molecule is CC(=O)O.CC=CC#N. The lowest BCUT2D eigenvalue weighted by Gasteiger charge is -1.59. The zero-order chi connectivity index (χ0) is 7.70. The van der Waals surface area contributed by atoms with Crippen LogP contribution in [0, 0.1) is 11.3 Å². The van der Waals surface area contributed by atoms with Crippen LogP contribution in [0.2, 0.25) is 0 Å². The predicted molar refractivity (Wildman–Crippen MR) is 33.7 cm³/mol. The van der Waals surface area contributed by atoms with Crippen molar-refractivity contribution in [2.24, 2.45) is 0 Å². The zero-order valence-electron chi connectivity index (χ0n) is 5.46. The Kier molecular flexibility index (Phi) is 11.6. The van der Waals surface area contributed by atoms with Gasteiger partial charge in [0.15, 0.2) is 0 Å². The minimum Gasteiger partial charge on any atom is -0.481 e. The Morgan fingerprint density at radius 1 is 1.78 bits per heavy atom. The molecule has 0 spiro atoms. The summed E-state index contributed by atoms with van der Waals surface area (Å²) in [5.41, 5.74) is 0. The Morgan fingerprint density at radius 3 is 2.11 bits per heavy atom. The molecule has 0 aromatic heterocycles. The van der Waals surface area contributed by atoms with Gasteiger partial charge in [0.25, 0.3) is 5.97 Å². The van der Waals surface area contributed by atoms with E-state index >= 15 is 0 Å². The van der Waals surface area contributed by atoms with Gasteiger partial charge in [-0.1, -0.05) is 6.08 Å². The first-order chi connectivity index (χ1) is 4.15. The van der Waals surface area contributed by atoms with Crippen LogP contribution in [-0.4, -0.2) is 11.1 Å². The molecule has 3 heteroatoms. The van der Waals surface area contributed by atoms with Gasteiger partial charge >= 0.3 is 0 Å². The molecule has 3 nitrogen and oxygen atoms in total. The van der Waals surface area contributed by atoms with E-state index < -0.39 is 5.97 Å². The van der Waals surface area contributed by atoms with Crippen molar-refractivity contribution in [2.75, 3.05) is 0 Å². The van der Waals surface area contributed by atoms with Crippen molar-refractivity contribution in [3.05, 3.63) is 12.2 Å². The molecular weight excluding hydrogens is 118 g/mol. The first-order valence-corrected chi connectivity index (χ1v) is 2.35. The molecule has 0 atom stereocenters. The minimum atomic E-state index is -0.833. The molecule has 50 valence electrons. The molecular formula is C6H9NO2. The van der Waals surface area contributed by atoms with E-state index in [1.165, 1.54) is 6.08 Å². The number of rotatable bonds is 0. The van der Waals surface area contributed by atoms with Crippen LogP contribution in [0.5, 0.6) is 0 Å². The Bertz CT molecular complexity index is 128. The van der Waals surface area contributed by atoms with Gasteiger partial charge in [0.1, 0.15) is 0 Å². The second kappa shape index (κ2) is 9.85. The molecule has 0 saturated heterocycles. The van der Waals surface area contributed by atoms with Crippen LogP contribution >= 0.6 is 0 Å². The molecule has 1 N–H and O–H groups in total. The van der Waals surface area contributed by atoms with Crippen LogP contribution in [0.4, 0.5) is 0 Å². The molecule has 0 bridgehead atoms. The molecule has 0 rings (SSSR count). The summed E-state index contributed by atoms with van der Waals surface area (Å²) in [6, 6.07) is 1.84. The zero-order valence-corrected chi connectivity index (χ0v) is 5.46. The normalized spacial score (nSPS) is 7.22. The topological polar surface area (TPSA) is 61.1 Å². The standard InChI is InChI=1S/C4H5N.C2H4O2/c1-2-3-4-5;1-2(3)4/h2-3H,1H3;1H3,(H,3,4). The molecule has 0 radical (unpaired) electrons. The van der Waals surface area contributed by atoms with E-state index in [4.69, 9.17) is 15.2 Å². The largest absolute Gasteiger partial charge is 0.481 e. The van der Waals surface area contributed by atoms with Crippen molar-refractivity contribution in [3.8, 4) is 6.07 Å². The Balaban J connectivity index is 0. The highest BCUT2D eigenvalue weighted by molar-refractivity contribution is 5.62. The van der Waals surface area contributed by atoms with E-state index in [9.17, 15) is 0 Å². The number of hydrogen-bond acceptors (Lipinski definition) is 2.